The number of ether oxygens (including phenoxy) is 1. The van der Waals surface area contributed by atoms with Gasteiger partial charge in [0, 0.05) is 0 Å². The third-order valence-corrected chi connectivity index (χ3v) is 2.09. The van der Waals surface area contributed by atoms with Gasteiger partial charge in [0.1, 0.15) is 5.75 Å². The number of aliphatic hydroxyl groups is 1. The molecule has 0 fully saturated rings. The third-order valence-electron chi connectivity index (χ3n) is 2.09. The lowest BCUT2D eigenvalue weighted by Crippen LogP contribution is -2.20. The first-order chi connectivity index (χ1) is 8.17. The highest BCUT2D eigenvalue weighted by molar-refractivity contribution is 5.89. The van der Waals surface area contributed by atoms with E-state index in [-0.39, 0.29) is 6.61 Å². The summed E-state index contributed by atoms with van der Waals surface area (Å²) in [6.45, 7) is 0.876. The molecule has 0 aromatic heterocycles. The predicted molar refractivity (Wildman–Crippen MR) is 64.7 cm³/mol. The zero-order valence-corrected chi connectivity index (χ0v) is 9.48. The van der Waals surface area contributed by atoms with Gasteiger partial charge in [0.2, 0.25) is 0 Å². The second-order valence-corrected chi connectivity index (χ2v) is 3.47. The van der Waals surface area contributed by atoms with Crippen molar-refractivity contribution in [1.82, 2.24) is 0 Å². The van der Waals surface area contributed by atoms with Gasteiger partial charge in [-0.25, -0.2) is 4.79 Å². The molecule has 0 radical (unpaired) electrons. The van der Waals surface area contributed by atoms with Crippen molar-refractivity contribution in [2.24, 2.45) is 11.5 Å². The number of nitrogens with one attached hydrogen (secondary N) is 1. The van der Waals surface area contributed by atoms with Crippen LogP contribution >= 0.6 is 0 Å². The molecule has 0 saturated heterocycles. The summed E-state index contributed by atoms with van der Waals surface area (Å²) in [6.07, 6.45) is 0.708. The molecule has 0 atom stereocenters. The molecule has 1 aromatic rings. The van der Waals surface area contributed by atoms with E-state index in [4.69, 9.17) is 21.3 Å². The molecule has 0 aliphatic heterocycles. The van der Waals surface area contributed by atoms with Crippen molar-refractivity contribution in [1.29, 1.82) is 0 Å². The number of aliphatic hydroxyl groups excluding tert-OH is 1. The van der Waals surface area contributed by atoms with Crippen molar-refractivity contribution < 1.29 is 14.6 Å². The van der Waals surface area contributed by atoms with Crippen LogP contribution in [0.25, 0.3) is 0 Å². The van der Waals surface area contributed by atoms with Crippen LogP contribution in [0, 0.1) is 0 Å². The van der Waals surface area contributed by atoms with Crippen molar-refractivity contribution in [3.05, 3.63) is 23.8 Å². The smallest absolute Gasteiger partial charge is 0.316 e. The fourth-order valence-corrected chi connectivity index (χ4v) is 1.29. The average Bonchev–Trinajstić information content (AvgIpc) is 2.30. The molecule has 0 aliphatic carbocycles. The van der Waals surface area contributed by atoms with E-state index in [2.05, 4.69) is 5.32 Å². The van der Waals surface area contributed by atoms with Crippen LogP contribution in [0.2, 0.25) is 0 Å². The van der Waals surface area contributed by atoms with E-state index in [0.717, 1.165) is 0 Å². The monoisotopic (exact) mass is 239 g/mol. The molecule has 6 N–H and O–H groups in total. The van der Waals surface area contributed by atoms with Gasteiger partial charge in [-0.1, -0.05) is 6.07 Å². The number of hydrogen-bond acceptors (Lipinski definition) is 4. The Bertz CT molecular complexity index is 382. The fraction of sp³-hybridized carbons (Fsp3) is 0.364. The summed E-state index contributed by atoms with van der Waals surface area (Å²) in [6, 6.07) is 4.31. The van der Waals surface area contributed by atoms with E-state index < -0.39 is 6.03 Å². The van der Waals surface area contributed by atoms with E-state index in [9.17, 15) is 4.79 Å². The third kappa shape index (κ3) is 4.29. The molecule has 2 amide bonds. The second-order valence-electron chi connectivity index (χ2n) is 3.47. The van der Waals surface area contributed by atoms with Crippen LogP contribution in [0.3, 0.4) is 0 Å². The van der Waals surface area contributed by atoms with Gasteiger partial charge < -0.3 is 26.6 Å². The van der Waals surface area contributed by atoms with Crippen LogP contribution in [-0.4, -0.2) is 24.3 Å². The van der Waals surface area contributed by atoms with Crippen LogP contribution < -0.4 is 21.5 Å². The van der Waals surface area contributed by atoms with Crippen LogP contribution in [0.1, 0.15) is 12.0 Å². The van der Waals surface area contributed by atoms with Gasteiger partial charge in [0.15, 0.2) is 0 Å². The van der Waals surface area contributed by atoms with Crippen LogP contribution in [0.4, 0.5) is 10.5 Å². The number of nitrogens with two attached hydrogens (primary N) is 2. The Balaban J connectivity index is 2.82. The fourth-order valence-electron chi connectivity index (χ4n) is 1.29. The number of benzene rings is 1. The lowest BCUT2D eigenvalue weighted by Gasteiger charge is -2.12. The van der Waals surface area contributed by atoms with E-state index in [1.165, 1.54) is 0 Å². The first kappa shape index (κ1) is 13.3. The molecular weight excluding hydrogens is 222 g/mol. The molecule has 0 saturated carbocycles. The molecule has 94 valence electrons. The Morgan fingerprint density at radius 2 is 2.24 bits per heavy atom. The minimum absolute atomic E-state index is 0.0932. The van der Waals surface area contributed by atoms with Gasteiger partial charge in [0.05, 0.1) is 18.9 Å². The van der Waals surface area contributed by atoms with E-state index in [1.54, 1.807) is 18.2 Å². The molecular formula is C11H17N3O3. The second kappa shape index (κ2) is 6.72. The molecule has 0 aliphatic rings. The molecule has 0 bridgehead atoms. The number of hydrogen-bond donors (Lipinski definition) is 4. The number of rotatable bonds is 6. The summed E-state index contributed by atoms with van der Waals surface area (Å²) >= 11 is 0. The lowest BCUT2D eigenvalue weighted by molar-refractivity contribution is 0.259. The molecule has 0 spiro atoms. The first-order valence-electron chi connectivity index (χ1n) is 5.30. The largest absolute Gasteiger partial charge is 0.491 e. The van der Waals surface area contributed by atoms with Crippen LogP contribution in [0.15, 0.2) is 18.2 Å². The topological polar surface area (TPSA) is 111 Å². The molecule has 6 nitrogen and oxygen atoms in total. The van der Waals surface area contributed by atoms with E-state index in [0.29, 0.717) is 36.6 Å². The van der Waals surface area contributed by atoms with Gasteiger partial charge in [-0.3, -0.25) is 0 Å². The molecule has 0 unspecified atom stereocenters. The zero-order chi connectivity index (χ0) is 12.7. The summed E-state index contributed by atoms with van der Waals surface area (Å²) in [5.74, 6) is 0.476. The van der Waals surface area contributed by atoms with Gasteiger partial charge in [-0.2, -0.15) is 0 Å². The normalized spacial score (nSPS) is 10.0. The number of primary amides is 1. The summed E-state index contributed by atoms with van der Waals surface area (Å²) in [5, 5.41) is 11.5. The Labute approximate surface area is 99.6 Å². The van der Waals surface area contributed by atoms with Crippen LogP contribution in [0.5, 0.6) is 5.75 Å². The minimum atomic E-state index is -0.662. The molecule has 1 aromatic carbocycles. The van der Waals surface area contributed by atoms with Gasteiger partial charge in [0.25, 0.3) is 0 Å². The number of urea groups is 1. The quantitative estimate of drug-likeness (QED) is 0.538. The summed E-state index contributed by atoms with van der Waals surface area (Å²) in [7, 11) is 0. The number of anilines is 1. The number of carbonyl (C=O) groups excluding carboxylic acids is 1. The lowest BCUT2D eigenvalue weighted by atomic mass is 10.2. The summed E-state index contributed by atoms with van der Waals surface area (Å²) in [4.78, 5) is 10.8. The number of amides is 2. The SMILES string of the molecule is NCCCOc1cc(CO)ccc1NC(N)=O. The van der Waals surface area contributed by atoms with Gasteiger partial charge >= 0.3 is 6.03 Å². The first-order valence-corrected chi connectivity index (χ1v) is 5.30. The Hall–Kier alpha value is -1.79. The van der Waals surface area contributed by atoms with Crippen molar-refractivity contribution in [2.45, 2.75) is 13.0 Å². The highest BCUT2D eigenvalue weighted by Gasteiger charge is 2.06. The standard InChI is InChI=1S/C11H17N3O3/c12-4-1-5-17-10-6-8(7-15)2-3-9(10)14-11(13)16/h2-3,6,15H,1,4-5,7,12H2,(H3,13,14,16). The Morgan fingerprint density at radius 1 is 1.47 bits per heavy atom. The van der Waals surface area contributed by atoms with Crippen LogP contribution in [-0.2, 0) is 6.61 Å². The summed E-state index contributed by atoms with van der Waals surface area (Å²) < 4.78 is 5.46. The highest BCUT2D eigenvalue weighted by atomic mass is 16.5. The Morgan fingerprint density at radius 3 is 2.82 bits per heavy atom. The summed E-state index contributed by atoms with van der Waals surface area (Å²) in [5.41, 5.74) is 11.6. The van der Waals surface area contributed by atoms with Gasteiger partial charge in [-0.05, 0) is 30.7 Å². The van der Waals surface area contributed by atoms with Crippen molar-refractivity contribution in [2.75, 3.05) is 18.5 Å². The maximum atomic E-state index is 10.8. The predicted octanol–water partition coefficient (Wildman–Crippen LogP) is 0.397. The van der Waals surface area contributed by atoms with E-state index in [1.807, 2.05) is 0 Å². The van der Waals surface area contributed by atoms with Crippen molar-refractivity contribution in [3.8, 4) is 5.75 Å². The molecule has 1 rings (SSSR count). The van der Waals surface area contributed by atoms with E-state index >= 15 is 0 Å². The maximum Gasteiger partial charge on any atom is 0.316 e. The molecule has 6 heteroatoms. The van der Waals surface area contributed by atoms with Gasteiger partial charge in [-0.15, -0.1) is 0 Å². The van der Waals surface area contributed by atoms with Crippen molar-refractivity contribution >= 4 is 11.7 Å². The highest BCUT2D eigenvalue weighted by Crippen LogP contribution is 2.26. The molecule has 17 heavy (non-hydrogen) atoms. The average molecular weight is 239 g/mol. The number of carbonyl (C=O) groups is 1. The Kier molecular flexibility index (Phi) is 5.25. The van der Waals surface area contributed by atoms with Crippen molar-refractivity contribution in [3.63, 3.8) is 0 Å². The molecule has 0 heterocycles. The zero-order valence-electron chi connectivity index (χ0n) is 9.48. The minimum Gasteiger partial charge on any atom is -0.491 e. The maximum absolute atomic E-state index is 10.8.